The molecule has 18 heavy (non-hydrogen) atoms. The van der Waals surface area contributed by atoms with E-state index in [1.807, 2.05) is 30.3 Å². The van der Waals surface area contributed by atoms with E-state index in [-0.39, 0.29) is 5.78 Å². The largest absolute Gasteiger partial charge is 0.303 e. The van der Waals surface area contributed by atoms with E-state index in [0.29, 0.717) is 6.42 Å². The molecule has 0 N–H and O–H groups in total. The predicted molar refractivity (Wildman–Crippen MR) is 74.9 cm³/mol. The van der Waals surface area contributed by atoms with Crippen LogP contribution in [0, 0.1) is 0 Å². The molecule has 1 saturated heterocycles. The Bertz CT molecular complexity index is 353. The highest BCUT2D eigenvalue weighted by Gasteiger charge is 2.11. The molecule has 98 valence electrons. The maximum absolute atomic E-state index is 12.0. The van der Waals surface area contributed by atoms with E-state index in [1.54, 1.807) is 0 Å². The van der Waals surface area contributed by atoms with E-state index in [2.05, 4.69) is 4.90 Å². The number of ketones is 1. The van der Waals surface area contributed by atoms with Crippen molar-refractivity contribution in [1.82, 2.24) is 4.90 Å². The first-order valence-corrected chi connectivity index (χ1v) is 7.17. The summed E-state index contributed by atoms with van der Waals surface area (Å²) in [6, 6.07) is 9.65. The monoisotopic (exact) mass is 245 g/mol. The smallest absolute Gasteiger partial charge is 0.164 e. The maximum Gasteiger partial charge on any atom is 0.164 e. The number of rotatable bonds is 4. The number of hydrogen-bond acceptors (Lipinski definition) is 2. The Morgan fingerprint density at radius 1 is 0.944 bits per heavy atom. The fraction of sp³-hybridized carbons (Fsp3) is 0.562. The summed E-state index contributed by atoms with van der Waals surface area (Å²) >= 11 is 0. The number of carbonyl (C=O) groups is 1. The molecule has 0 atom stereocenters. The molecule has 0 saturated carbocycles. The zero-order chi connectivity index (χ0) is 12.6. The molecule has 1 aliphatic rings. The molecular formula is C16H23NO. The van der Waals surface area contributed by atoms with Gasteiger partial charge in [-0.1, -0.05) is 49.6 Å². The number of likely N-dealkylation sites (tertiary alicyclic amines) is 1. The van der Waals surface area contributed by atoms with Crippen molar-refractivity contribution in [3.8, 4) is 0 Å². The van der Waals surface area contributed by atoms with Crippen molar-refractivity contribution in [3.63, 3.8) is 0 Å². The summed E-state index contributed by atoms with van der Waals surface area (Å²) in [5.74, 6) is 0.276. The molecule has 0 radical (unpaired) electrons. The summed E-state index contributed by atoms with van der Waals surface area (Å²) in [5.41, 5.74) is 0.851. The molecule has 0 aromatic heterocycles. The van der Waals surface area contributed by atoms with Crippen LogP contribution in [0.3, 0.4) is 0 Å². The molecule has 1 aromatic rings. The topological polar surface area (TPSA) is 20.3 Å². The molecule has 0 bridgehead atoms. The van der Waals surface area contributed by atoms with Crippen LogP contribution in [-0.4, -0.2) is 30.3 Å². The molecule has 1 heterocycles. The second-order valence-electron chi connectivity index (χ2n) is 5.15. The van der Waals surface area contributed by atoms with Crippen LogP contribution in [0.4, 0.5) is 0 Å². The number of benzene rings is 1. The minimum atomic E-state index is 0.276. The van der Waals surface area contributed by atoms with Crippen molar-refractivity contribution in [3.05, 3.63) is 35.9 Å². The van der Waals surface area contributed by atoms with Gasteiger partial charge in [-0.05, 0) is 25.9 Å². The molecule has 0 aliphatic carbocycles. The van der Waals surface area contributed by atoms with Crippen LogP contribution >= 0.6 is 0 Å². The highest BCUT2D eigenvalue weighted by atomic mass is 16.1. The van der Waals surface area contributed by atoms with Crippen LogP contribution in [-0.2, 0) is 0 Å². The molecule has 1 fully saturated rings. The fourth-order valence-electron chi connectivity index (χ4n) is 2.56. The second-order valence-corrected chi connectivity index (χ2v) is 5.15. The summed E-state index contributed by atoms with van der Waals surface area (Å²) in [7, 11) is 0. The maximum atomic E-state index is 12.0. The van der Waals surface area contributed by atoms with Gasteiger partial charge in [0.05, 0.1) is 0 Å². The third kappa shape index (κ3) is 4.26. The van der Waals surface area contributed by atoms with Crippen molar-refractivity contribution < 1.29 is 4.79 Å². The minimum Gasteiger partial charge on any atom is -0.303 e. The zero-order valence-electron chi connectivity index (χ0n) is 11.1. The van der Waals surface area contributed by atoms with Gasteiger partial charge >= 0.3 is 0 Å². The first-order chi connectivity index (χ1) is 8.86. The van der Waals surface area contributed by atoms with Gasteiger partial charge in [0, 0.05) is 18.5 Å². The lowest BCUT2D eigenvalue weighted by molar-refractivity contribution is 0.0962. The number of Topliss-reactive ketones (excluding diaryl/α,β-unsaturated/α-hetero) is 1. The van der Waals surface area contributed by atoms with Crippen LogP contribution < -0.4 is 0 Å². The highest BCUT2D eigenvalue weighted by Crippen LogP contribution is 2.11. The Labute approximate surface area is 110 Å². The summed E-state index contributed by atoms with van der Waals surface area (Å²) in [6.07, 6.45) is 7.33. The number of carbonyl (C=O) groups excluding carboxylic acids is 1. The predicted octanol–water partition coefficient (Wildman–Crippen LogP) is 3.53. The van der Waals surface area contributed by atoms with E-state index in [4.69, 9.17) is 0 Å². The van der Waals surface area contributed by atoms with Gasteiger partial charge < -0.3 is 4.90 Å². The lowest BCUT2D eigenvalue weighted by Crippen LogP contribution is -2.29. The molecular weight excluding hydrogens is 222 g/mol. The Kier molecular flexibility index (Phi) is 5.40. The average molecular weight is 245 g/mol. The van der Waals surface area contributed by atoms with Crippen LogP contribution in [0.1, 0.15) is 48.9 Å². The third-order valence-electron chi connectivity index (χ3n) is 3.70. The van der Waals surface area contributed by atoms with Crippen LogP contribution in [0.15, 0.2) is 30.3 Å². The molecule has 0 amide bonds. The van der Waals surface area contributed by atoms with E-state index in [0.717, 1.165) is 12.1 Å². The lowest BCUT2D eigenvalue weighted by atomic mass is 10.1. The summed E-state index contributed by atoms with van der Waals surface area (Å²) in [6.45, 7) is 3.26. The van der Waals surface area contributed by atoms with Gasteiger partial charge in [0.15, 0.2) is 5.78 Å². The van der Waals surface area contributed by atoms with Gasteiger partial charge in [0.25, 0.3) is 0 Å². The zero-order valence-corrected chi connectivity index (χ0v) is 11.1. The van der Waals surface area contributed by atoms with E-state index < -0.39 is 0 Å². The van der Waals surface area contributed by atoms with Gasteiger partial charge in [-0.15, -0.1) is 0 Å². The highest BCUT2D eigenvalue weighted by molar-refractivity contribution is 5.96. The van der Waals surface area contributed by atoms with Crippen molar-refractivity contribution in [1.29, 1.82) is 0 Å². The van der Waals surface area contributed by atoms with Crippen LogP contribution in [0.2, 0.25) is 0 Å². The number of nitrogens with zero attached hydrogens (tertiary/aromatic N) is 1. The fourth-order valence-corrected chi connectivity index (χ4v) is 2.56. The Hall–Kier alpha value is -1.15. The Morgan fingerprint density at radius 3 is 2.22 bits per heavy atom. The van der Waals surface area contributed by atoms with Crippen molar-refractivity contribution in [2.24, 2.45) is 0 Å². The van der Waals surface area contributed by atoms with Gasteiger partial charge in [-0.3, -0.25) is 4.79 Å². The molecule has 2 heteroatoms. The quantitative estimate of drug-likeness (QED) is 0.756. The molecule has 2 nitrogen and oxygen atoms in total. The molecule has 2 rings (SSSR count). The molecule has 1 aromatic carbocycles. The SMILES string of the molecule is O=C(CCN1CCCCCCC1)c1ccccc1. The van der Waals surface area contributed by atoms with E-state index in [1.165, 1.54) is 45.2 Å². The Morgan fingerprint density at radius 2 is 1.56 bits per heavy atom. The normalized spacial score (nSPS) is 18.0. The second kappa shape index (κ2) is 7.32. The van der Waals surface area contributed by atoms with Crippen molar-refractivity contribution in [2.45, 2.75) is 38.5 Å². The number of hydrogen-bond donors (Lipinski definition) is 0. The average Bonchev–Trinajstić information content (AvgIpc) is 2.38. The minimum absolute atomic E-state index is 0.276. The Balaban J connectivity index is 1.78. The summed E-state index contributed by atoms with van der Waals surface area (Å²) in [4.78, 5) is 14.5. The van der Waals surface area contributed by atoms with Gasteiger partial charge in [-0.2, -0.15) is 0 Å². The van der Waals surface area contributed by atoms with Crippen molar-refractivity contribution >= 4 is 5.78 Å². The third-order valence-corrected chi connectivity index (χ3v) is 3.70. The van der Waals surface area contributed by atoms with E-state index in [9.17, 15) is 4.79 Å². The van der Waals surface area contributed by atoms with Gasteiger partial charge in [-0.25, -0.2) is 0 Å². The summed E-state index contributed by atoms with van der Waals surface area (Å²) in [5, 5.41) is 0. The molecule has 0 spiro atoms. The summed E-state index contributed by atoms with van der Waals surface area (Å²) < 4.78 is 0. The van der Waals surface area contributed by atoms with Gasteiger partial charge in [0.1, 0.15) is 0 Å². The van der Waals surface area contributed by atoms with Gasteiger partial charge in [0.2, 0.25) is 0 Å². The molecule has 0 unspecified atom stereocenters. The van der Waals surface area contributed by atoms with Crippen LogP contribution in [0.5, 0.6) is 0 Å². The standard InChI is InChI=1S/C16H23NO/c18-16(15-9-5-4-6-10-15)11-14-17-12-7-2-1-3-8-13-17/h4-6,9-10H,1-3,7-8,11-14H2. The van der Waals surface area contributed by atoms with Crippen molar-refractivity contribution in [2.75, 3.05) is 19.6 Å². The lowest BCUT2D eigenvalue weighted by Gasteiger charge is -2.24. The molecule has 1 aliphatic heterocycles. The first-order valence-electron chi connectivity index (χ1n) is 7.17. The first kappa shape index (κ1) is 13.3. The van der Waals surface area contributed by atoms with E-state index >= 15 is 0 Å². The van der Waals surface area contributed by atoms with Crippen LogP contribution in [0.25, 0.3) is 0 Å².